The number of halogens is 1. The highest BCUT2D eigenvalue weighted by Gasteiger charge is 2.14. The minimum absolute atomic E-state index is 0.218. The monoisotopic (exact) mass is 479 g/mol. The maximum atomic E-state index is 12.5. The van der Waals surface area contributed by atoms with E-state index in [1.165, 1.54) is 11.8 Å². The van der Waals surface area contributed by atoms with E-state index in [9.17, 15) is 4.79 Å². The van der Waals surface area contributed by atoms with E-state index in [2.05, 4.69) is 41.0 Å². The molecule has 0 aliphatic carbocycles. The molecule has 0 radical (unpaired) electrons. The van der Waals surface area contributed by atoms with Gasteiger partial charge in [-0.2, -0.15) is 4.98 Å². The Bertz CT molecular complexity index is 1390. The quantitative estimate of drug-likeness (QED) is 0.271. The van der Waals surface area contributed by atoms with Crippen molar-refractivity contribution in [1.82, 2.24) is 25.1 Å². The number of fused-ring (bicyclic) bond motifs is 1. The highest BCUT2D eigenvalue weighted by molar-refractivity contribution is 9.10. The SMILES string of the molecule is O=c1[nH]c(SCc2nc(-c3cccc(Br)c3)no2)nc2c(-c3ccccc3)c[nH]c12. The Hall–Kier alpha value is -3.17. The van der Waals surface area contributed by atoms with Crippen molar-refractivity contribution in [2.24, 2.45) is 0 Å². The van der Waals surface area contributed by atoms with Gasteiger partial charge in [0.05, 0.1) is 5.75 Å². The van der Waals surface area contributed by atoms with Gasteiger partial charge in [-0.05, 0) is 17.7 Å². The largest absolute Gasteiger partial charge is 0.355 e. The van der Waals surface area contributed by atoms with E-state index in [0.717, 1.165) is 21.2 Å². The van der Waals surface area contributed by atoms with Crippen molar-refractivity contribution in [3.8, 4) is 22.5 Å². The van der Waals surface area contributed by atoms with E-state index < -0.39 is 0 Å². The molecule has 5 rings (SSSR count). The summed E-state index contributed by atoms with van der Waals surface area (Å²) in [6.45, 7) is 0. The molecule has 0 saturated carbocycles. The summed E-state index contributed by atoms with van der Waals surface area (Å²) in [7, 11) is 0. The van der Waals surface area contributed by atoms with Crippen molar-refractivity contribution >= 4 is 38.7 Å². The highest BCUT2D eigenvalue weighted by atomic mass is 79.9. The van der Waals surface area contributed by atoms with Gasteiger partial charge in [-0.15, -0.1) is 0 Å². The molecular formula is C21H14BrN5O2S. The normalized spacial score (nSPS) is 11.2. The predicted octanol–water partition coefficient (Wildman–Crippen LogP) is 5.02. The van der Waals surface area contributed by atoms with E-state index >= 15 is 0 Å². The van der Waals surface area contributed by atoms with Gasteiger partial charge in [0.25, 0.3) is 5.56 Å². The maximum absolute atomic E-state index is 12.5. The number of nitrogens with one attached hydrogen (secondary N) is 2. The molecule has 5 aromatic rings. The van der Waals surface area contributed by atoms with Crippen LogP contribution in [-0.4, -0.2) is 25.1 Å². The Labute approximate surface area is 183 Å². The van der Waals surface area contributed by atoms with Crippen LogP contribution in [0.5, 0.6) is 0 Å². The molecule has 30 heavy (non-hydrogen) atoms. The van der Waals surface area contributed by atoms with Crippen molar-refractivity contribution in [3.63, 3.8) is 0 Å². The number of hydrogen-bond donors (Lipinski definition) is 2. The Balaban J connectivity index is 1.40. The third-order valence-electron chi connectivity index (χ3n) is 4.48. The lowest BCUT2D eigenvalue weighted by molar-refractivity contribution is 0.391. The predicted molar refractivity (Wildman–Crippen MR) is 119 cm³/mol. The van der Waals surface area contributed by atoms with Crippen molar-refractivity contribution in [2.45, 2.75) is 10.9 Å². The van der Waals surface area contributed by atoms with Crippen molar-refractivity contribution in [1.29, 1.82) is 0 Å². The molecule has 9 heteroatoms. The molecule has 0 spiro atoms. The first kappa shape index (κ1) is 18.8. The zero-order valence-electron chi connectivity index (χ0n) is 15.4. The minimum Gasteiger partial charge on any atom is -0.355 e. The summed E-state index contributed by atoms with van der Waals surface area (Å²) in [5, 5.41) is 4.53. The molecule has 0 unspecified atom stereocenters. The standard InChI is InChI=1S/C21H14BrN5O2S/c22-14-8-4-7-13(9-14)19-24-16(29-27-19)11-30-21-25-17-15(12-5-2-1-3-6-12)10-23-18(17)20(28)26-21/h1-10,23H,11H2,(H,25,26,28). The van der Waals surface area contributed by atoms with Crippen LogP contribution in [0.15, 0.2) is 79.7 Å². The molecule has 2 N–H and O–H groups in total. The lowest BCUT2D eigenvalue weighted by Gasteiger charge is -2.01. The highest BCUT2D eigenvalue weighted by Crippen LogP contribution is 2.28. The summed E-state index contributed by atoms with van der Waals surface area (Å²) in [6.07, 6.45) is 1.80. The van der Waals surface area contributed by atoms with Gasteiger partial charge in [-0.25, -0.2) is 4.98 Å². The zero-order valence-corrected chi connectivity index (χ0v) is 17.8. The number of rotatable bonds is 5. The summed E-state index contributed by atoms with van der Waals surface area (Å²) < 4.78 is 6.29. The number of hydrogen-bond acceptors (Lipinski definition) is 6. The van der Waals surface area contributed by atoms with Gasteiger partial charge in [0, 0.05) is 21.8 Å². The van der Waals surface area contributed by atoms with Crippen LogP contribution >= 0.6 is 27.7 Å². The molecule has 0 saturated heterocycles. The maximum Gasteiger partial charge on any atom is 0.275 e. The summed E-state index contributed by atoms with van der Waals surface area (Å²) in [5.41, 5.74) is 3.60. The fraction of sp³-hybridized carbons (Fsp3) is 0.0476. The van der Waals surface area contributed by atoms with Crippen molar-refractivity contribution in [2.75, 3.05) is 0 Å². The third kappa shape index (κ3) is 3.69. The molecule has 0 atom stereocenters. The second kappa shape index (κ2) is 7.92. The van der Waals surface area contributed by atoms with Gasteiger partial charge in [0.1, 0.15) is 11.0 Å². The molecule has 0 fully saturated rings. The van der Waals surface area contributed by atoms with Gasteiger partial charge < -0.3 is 9.51 Å². The van der Waals surface area contributed by atoms with Crippen LogP contribution in [0.1, 0.15) is 5.89 Å². The van der Waals surface area contributed by atoms with Crippen LogP contribution in [0.3, 0.4) is 0 Å². The molecule has 3 aromatic heterocycles. The van der Waals surface area contributed by atoms with Crippen molar-refractivity contribution in [3.05, 3.63) is 81.5 Å². The van der Waals surface area contributed by atoms with Crippen LogP contribution < -0.4 is 5.56 Å². The number of thioether (sulfide) groups is 1. The molecule has 2 aromatic carbocycles. The van der Waals surface area contributed by atoms with Crippen LogP contribution in [0.4, 0.5) is 0 Å². The summed E-state index contributed by atoms with van der Waals surface area (Å²) in [6, 6.07) is 17.5. The number of aromatic nitrogens is 5. The molecule has 7 nitrogen and oxygen atoms in total. The molecule has 0 aliphatic rings. The lowest BCUT2D eigenvalue weighted by atomic mass is 10.1. The number of aromatic amines is 2. The number of benzene rings is 2. The van der Waals surface area contributed by atoms with Crippen LogP contribution in [0, 0.1) is 0 Å². The summed E-state index contributed by atoms with van der Waals surface area (Å²) in [5.74, 6) is 1.36. The van der Waals surface area contributed by atoms with Crippen LogP contribution in [0.2, 0.25) is 0 Å². The average Bonchev–Trinajstić information content (AvgIpc) is 3.40. The minimum atomic E-state index is -0.218. The van der Waals surface area contributed by atoms with Crippen molar-refractivity contribution < 1.29 is 4.52 Å². The Kier molecular flexibility index (Phi) is 4.97. The van der Waals surface area contributed by atoms with Gasteiger partial charge in [0.2, 0.25) is 11.7 Å². The van der Waals surface area contributed by atoms with Gasteiger partial charge in [-0.1, -0.05) is 75.3 Å². The third-order valence-corrected chi connectivity index (χ3v) is 5.83. The molecule has 0 aliphatic heterocycles. The average molecular weight is 480 g/mol. The van der Waals surface area contributed by atoms with E-state index in [4.69, 9.17) is 4.52 Å². The molecule has 0 amide bonds. The second-order valence-corrected chi connectivity index (χ2v) is 8.35. The first-order chi connectivity index (χ1) is 14.7. The fourth-order valence-corrected chi connectivity index (χ4v) is 4.19. The van der Waals surface area contributed by atoms with Crippen LogP contribution in [0.25, 0.3) is 33.5 Å². The fourth-order valence-electron chi connectivity index (χ4n) is 3.09. The van der Waals surface area contributed by atoms with E-state index in [1.54, 1.807) is 6.20 Å². The molecule has 0 bridgehead atoms. The Morgan fingerprint density at radius 1 is 1.03 bits per heavy atom. The Morgan fingerprint density at radius 2 is 1.87 bits per heavy atom. The Morgan fingerprint density at radius 3 is 2.70 bits per heavy atom. The molecule has 148 valence electrons. The second-order valence-electron chi connectivity index (χ2n) is 6.47. The summed E-state index contributed by atoms with van der Waals surface area (Å²) in [4.78, 5) is 27.4. The van der Waals surface area contributed by atoms with E-state index in [1.807, 2.05) is 54.6 Å². The lowest BCUT2D eigenvalue weighted by Crippen LogP contribution is -2.09. The molecule has 3 heterocycles. The number of nitrogens with zero attached hydrogens (tertiary/aromatic N) is 3. The van der Waals surface area contributed by atoms with E-state index in [0.29, 0.717) is 33.7 Å². The van der Waals surface area contributed by atoms with Gasteiger partial charge >= 0.3 is 0 Å². The van der Waals surface area contributed by atoms with Gasteiger partial charge in [0.15, 0.2) is 5.16 Å². The zero-order chi connectivity index (χ0) is 20.5. The van der Waals surface area contributed by atoms with E-state index in [-0.39, 0.29) is 5.56 Å². The first-order valence-corrected chi connectivity index (χ1v) is 10.8. The summed E-state index contributed by atoms with van der Waals surface area (Å²) >= 11 is 4.77. The van der Waals surface area contributed by atoms with Crippen LogP contribution in [-0.2, 0) is 5.75 Å². The topological polar surface area (TPSA) is 100 Å². The van der Waals surface area contributed by atoms with Gasteiger partial charge in [-0.3, -0.25) is 9.78 Å². The number of H-pyrrole nitrogens is 2. The first-order valence-electron chi connectivity index (χ1n) is 9.05. The molecular weight excluding hydrogens is 466 g/mol. The smallest absolute Gasteiger partial charge is 0.275 e.